The molecule has 0 amide bonds. The maximum atomic E-state index is 11.9. The number of ether oxygens (including phenoxy) is 4. The fourth-order valence-electron chi connectivity index (χ4n) is 9.05. The number of hydrogen-bond acceptors (Lipinski definition) is 12. The van der Waals surface area contributed by atoms with Gasteiger partial charge in [0, 0.05) is 57.2 Å². The first-order valence-electron chi connectivity index (χ1n) is 26.1. The third-order valence-corrected chi connectivity index (χ3v) is 12.6. The summed E-state index contributed by atoms with van der Waals surface area (Å²) in [5, 5.41) is 0. The summed E-state index contributed by atoms with van der Waals surface area (Å²) in [5.74, 6) is 2.21. The molecule has 3 aromatic heterocycles. The molecule has 390 valence electrons. The van der Waals surface area contributed by atoms with Crippen LogP contribution in [0.3, 0.4) is 0 Å². The van der Waals surface area contributed by atoms with E-state index in [9.17, 15) is 9.59 Å². The zero-order valence-corrected chi connectivity index (χ0v) is 43.3. The molecule has 0 saturated carbocycles. The number of H-pyrrole nitrogens is 2. The highest BCUT2D eigenvalue weighted by atomic mass is 17.2. The van der Waals surface area contributed by atoms with Crippen molar-refractivity contribution in [2.45, 2.75) is 66.2 Å². The first-order valence-corrected chi connectivity index (χ1v) is 26.1. The van der Waals surface area contributed by atoms with Crippen LogP contribution >= 0.6 is 0 Å². The summed E-state index contributed by atoms with van der Waals surface area (Å²) in [5.41, 5.74) is 13.6. The van der Waals surface area contributed by atoms with Crippen LogP contribution in [0, 0.1) is 0 Å². The lowest BCUT2D eigenvalue weighted by atomic mass is 10.0. The highest BCUT2D eigenvalue weighted by Gasteiger charge is 2.20. The molecule has 14 heteroatoms. The molecule has 9 rings (SSSR count). The summed E-state index contributed by atoms with van der Waals surface area (Å²) in [6, 6.07) is 40.0. The first kappa shape index (κ1) is 52.4. The number of carbonyl (C=O) groups is 2. The van der Waals surface area contributed by atoms with Crippen molar-refractivity contribution in [3.63, 3.8) is 0 Å². The number of benzene rings is 4. The van der Waals surface area contributed by atoms with E-state index in [0.717, 1.165) is 114 Å². The van der Waals surface area contributed by atoms with Crippen LogP contribution in [0.5, 0.6) is 23.0 Å². The van der Waals surface area contributed by atoms with Gasteiger partial charge < -0.3 is 38.7 Å². The van der Waals surface area contributed by atoms with Gasteiger partial charge in [-0.3, -0.25) is 9.59 Å². The molecule has 76 heavy (non-hydrogen) atoms. The Morgan fingerprint density at radius 1 is 0.382 bits per heavy atom. The van der Waals surface area contributed by atoms with Gasteiger partial charge in [0.15, 0.2) is 11.5 Å². The Hall–Kier alpha value is -8.46. The van der Waals surface area contributed by atoms with Gasteiger partial charge >= 0.3 is 11.9 Å². The molecular formula is C62H62N4O10. The van der Waals surface area contributed by atoms with E-state index in [0.29, 0.717) is 76.8 Å². The molecule has 2 N–H and O–H groups in total. The van der Waals surface area contributed by atoms with Gasteiger partial charge in [-0.25, -0.2) is 9.97 Å². The molecule has 0 fully saturated rings. The van der Waals surface area contributed by atoms with Gasteiger partial charge in [-0.2, -0.15) is 9.78 Å². The van der Waals surface area contributed by atoms with E-state index in [-0.39, 0.29) is 11.9 Å². The Morgan fingerprint density at radius 2 is 0.684 bits per heavy atom. The van der Waals surface area contributed by atoms with Crippen LogP contribution < -0.4 is 19.2 Å². The van der Waals surface area contributed by atoms with E-state index in [1.54, 1.807) is 0 Å². The number of hydrogen-bond donors (Lipinski definition) is 2. The van der Waals surface area contributed by atoms with Crippen molar-refractivity contribution in [1.29, 1.82) is 0 Å². The molecule has 0 aliphatic carbocycles. The minimum Gasteiger partial charge on any atom is -0.494 e. The summed E-state index contributed by atoms with van der Waals surface area (Å²) in [7, 11) is 0. The van der Waals surface area contributed by atoms with E-state index in [1.807, 2.05) is 125 Å². The van der Waals surface area contributed by atoms with Crippen LogP contribution in [-0.4, -0.2) is 71.5 Å². The quantitative estimate of drug-likeness (QED) is 0.0255. The predicted molar refractivity (Wildman–Crippen MR) is 297 cm³/mol. The molecule has 0 saturated heterocycles. The molecule has 2 aliphatic heterocycles. The fourth-order valence-corrected chi connectivity index (χ4v) is 9.05. The number of unbranched alkanes of at least 4 members (excludes halogenated alkanes) is 2. The smallest absolute Gasteiger partial charge is 0.305 e. The minimum absolute atomic E-state index is 0.192. The van der Waals surface area contributed by atoms with Crippen LogP contribution in [0.25, 0.3) is 90.9 Å². The van der Waals surface area contributed by atoms with E-state index < -0.39 is 0 Å². The first-order chi connectivity index (χ1) is 37.3. The minimum atomic E-state index is -0.192. The van der Waals surface area contributed by atoms with Crippen molar-refractivity contribution in [3.05, 3.63) is 144 Å². The number of nitrogens with zero attached hydrogens (tertiary/aromatic N) is 2. The van der Waals surface area contributed by atoms with Gasteiger partial charge in [0.1, 0.15) is 11.5 Å². The van der Waals surface area contributed by atoms with Gasteiger partial charge in [-0.1, -0.05) is 48.5 Å². The lowest BCUT2D eigenvalue weighted by molar-refractivity contribution is -0.202. The molecule has 0 spiro atoms. The summed E-state index contributed by atoms with van der Waals surface area (Å²) < 4.78 is 22.4. The molecule has 2 aliphatic rings. The number of aromatic nitrogens is 4. The molecule has 7 aromatic rings. The molecule has 8 bridgehead atoms. The maximum absolute atomic E-state index is 11.9. The van der Waals surface area contributed by atoms with Gasteiger partial charge in [0.2, 0.25) is 0 Å². The van der Waals surface area contributed by atoms with Gasteiger partial charge in [0.25, 0.3) is 0 Å². The van der Waals surface area contributed by atoms with Crippen molar-refractivity contribution in [2.75, 3.05) is 39.6 Å². The number of fused-ring (bicyclic) bond motifs is 8. The standard InChI is InChI=1S/C62H62N4O10/c1-5-69-57(67)13-9-11-39-71-45-23-15-41(16-24-45)59-49-31-35-53(63-49)61(43-19-27-47(28-20-43)75-73-7-3)55-37-33-51(65-55)60(42-17-25-46(26-18-42)72-40-12-10-14-58(68)70-6-2)52-34-38-56(66-52)62(54-36-32-50(59)64-54)44-21-29-48(30-22-44)76-74-8-4/h15-38,63,66H,5-14,39-40H2,1-4H3. The summed E-state index contributed by atoms with van der Waals surface area (Å²) in [6.07, 6.45) is 11.8. The molecule has 0 unspecified atom stereocenters. The predicted octanol–water partition coefficient (Wildman–Crippen LogP) is 14.2. The zero-order chi connectivity index (χ0) is 52.6. The Morgan fingerprint density at radius 3 is 0.974 bits per heavy atom. The van der Waals surface area contributed by atoms with E-state index in [2.05, 4.69) is 58.5 Å². The van der Waals surface area contributed by atoms with E-state index in [1.165, 1.54) is 0 Å². The lowest BCUT2D eigenvalue weighted by Gasteiger charge is -2.09. The SMILES string of the molecule is CCOOc1ccc(-c2c3nc(c(-c4ccc(OCCCCC(=O)OCC)cc4)c4ccc([nH]4)c(-c4ccc(OOCC)cc4)c4nc(c(-c5ccc(OCCCCC(=O)OCC)cc5)c5ccc2[nH]5)C=C4)C=C3)cc1. The van der Waals surface area contributed by atoms with Crippen molar-refractivity contribution < 1.29 is 48.1 Å². The van der Waals surface area contributed by atoms with Gasteiger partial charge in [-0.15, -0.1) is 0 Å². The lowest BCUT2D eigenvalue weighted by Crippen LogP contribution is -2.05. The van der Waals surface area contributed by atoms with Crippen molar-refractivity contribution >= 4 is 58.3 Å². The van der Waals surface area contributed by atoms with E-state index in [4.69, 9.17) is 48.5 Å². The molecule has 0 atom stereocenters. The number of aromatic amines is 2. The third kappa shape index (κ3) is 12.9. The second-order valence-corrected chi connectivity index (χ2v) is 17.8. The number of nitrogens with one attached hydrogen (secondary N) is 2. The molecule has 4 aromatic carbocycles. The maximum Gasteiger partial charge on any atom is 0.305 e. The highest BCUT2D eigenvalue weighted by Crippen LogP contribution is 2.39. The zero-order valence-electron chi connectivity index (χ0n) is 43.3. The molecule has 0 radical (unpaired) electrons. The number of rotatable bonds is 24. The van der Waals surface area contributed by atoms with Crippen molar-refractivity contribution in [1.82, 2.24) is 19.9 Å². The average Bonchev–Trinajstić information content (AvgIpc) is 4.30. The van der Waals surface area contributed by atoms with Crippen LogP contribution in [0.15, 0.2) is 121 Å². The Balaban J connectivity index is 1.21. The Labute approximate surface area is 442 Å². The summed E-state index contributed by atoms with van der Waals surface area (Å²) in [6.45, 7) is 9.88. The third-order valence-electron chi connectivity index (χ3n) is 12.6. The summed E-state index contributed by atoms with van der Waals surface area (Å²) in [4.78, 5) is 63.9. The average molecular weight is 1020 g/mol. The van der Waals surface area contributed by atoms with E-state index >= 15 is 0 Å². The van der Waals surface area contributed by atoms with Crippen LogP contribution in [0.1, 0.15) is 89.0 Å². The van der Waals surface area contributed by atoms with Crippen molar-refractivity contribution in [3.8, 4) is 67.5 Å². The van der Waals surface area contributed by atoms with Gasteiger partial charge in [0.05, 0.1) is 62.4 Å². The van der Waals surface area contributed by atoms with Crippen molar-refractivity contribution in [2.24, 2.45) is 0 Å². The highest BCUT2D eigenvalue weighted by molar-refractivity contribution is 6.00. The number of carbonyl (C=O) groups excluding carboxylic acids is 2. The monoisotopic (exact) mass is 1020 g/mol. The summed E-state index contributed by atoms with van der Waals surface area (Å²) >= 11 is 0. The van der Waals surface area contributed by atoms with Crippen LogP contribution in [0.4, 0.5) is 0 Å². The second kappa shape index (κ2) is 25.7. The Kier molecular flexibility index (Phi) is 17.7. The second-order valence-electron chi connectivity index (χ2n) is 17.8. The van der Waals surface area contributed by atoms with Crippen LogP contribution in [-0.2, 0) is 28.8 Å². The Bertz CT molecular complexity index is 3120. The largest absolute Gasteiger partial charge is 0.494 e. The molecule has 14 nitrogen and oxygen atoms in total. The number of esters is 2. The molecular weight excluding hydrogens is 961 g/mol. The van der Waals surface area contributed by atoms with Gasteiger partial charge in [-0.05, 0) is 173 Å². The van der Waals surface area contributed by atoms with Crippen LogP contribution in [0.2, 0.25) is 0 Å². The molecule has 5 heterocycles. The topological polar surface area (TPSA) is 165 Å². The fraction of sp³-hybridized carbons (Fsp3) is 0.258. The normalized spacial score (nSPS) is 11.6.